The molecule has 1 heterocycles. The van der Waals surface area contributed by atoms with Gasteiger partial charge in [0, 0.05) is 22.9 Å². The number of benzene rings is 1. The lowest BCUT2D eigenvalue weighted by molar-refractivity contribution is 0.608. The van der Waals surface area contributed by atoms with Crippen molar-refractivity contribution < 1.29 is 0 Å². The average Bonchev–Trinajstić information content (AvgIpc) is 2.71. The highest BCUT2D eigenvalue weighted by Gasteiger charge is 2.10. The predicted octanol–water partition coefficient (Wildman–Crippen LogP) is 4.59. The molecule has 0 unspecified atom stereocenters. The summed E-state index contributed by atoms with van der Waals surface area (Å²) in [5.74, 6) is 0.873. The molecule has 4 heteroatoms. The number of rotatable bonds is 3. The molecule has 0 amide bonds. The maximum atomic E-state index is 4.37. The maximum Gasteiger partial charge on any atom is 0.207 e. The number of halogens is 1. The number of nitrogens with one attached hydrogen (secondary N) is 1. The van der Waals surface area contributed by atoms with Crippen molar-refractivity contribution in [1.82, 2.24) is 9.55 Å². The smallest absolute Gasteiger partial charge is 0.207 e. The van der Waals surface area contributed by atoms with Gasteiger partial charge in [0.25, 0.3) is 0 Å². The molecular formula is C14H18BrN3. The van der Waals surface area contributed by atoms with Crippen LogP contribution in [0.5, 0.6) is 0 Å². The van der Waals surface area contributed by atoms with Crippen LogP contribution in [-0.4, -0.2) is 9.55 Å². The molecule has 0 radical (unpaired) electrons. The van der Waals surface area contributed by atoms with Crippen LogP contribution in [0, 0.1) is 13.8 Å². The Labute approximate surface area is 116 Å². The second kappa shape index (κ2) is 5.14. The highest BCUT2D eigenvalue weighted by atomic mass is 79.9. The van der Waals surface area contributed by atoms with Crippen LogP contribution >= 0.6 is 15.9 Å². The van der Waals surface area contributed by atoms with E-state index < -0.39 is 0 Å². The monoisotopic (exact) mass is 307 g/mol. The van der Waals surface area contributed by atoms with E-state index in [0.29, 0.717) is 6.04 Å². The molecular weight excluding hydrogens is 290 g/mol. The maximum absolute atomic E-state index is 4.37. The standard InChI is InChI=1S/C14H18BrN3/c1-9(2)18-6-5-16-14(18)17-13-11(4)7-10(3)8-12(13)15/h5-9H,1-4H3,(H,16,17). The van der Waals surface area contributed by atoms with Crippen molar-refractivity contribution in [3.05, 3.63) is 40.1 Å². The Bertz CT molecular complexity index is 535. The molecule has 0 saturated heterocycles. The lowest BCUT2D eigenvalue weighted by Crippen LogP contribution is -2.06. The van der Waals surface area contributed by atoms with E-state index in [9.17, 15) is 0 Å². The summed E-state index contributed by atoms with van der Waals surface area (Å²) in [7, 11) is 0. The quantitative estimate of drug-likeness (QED) is 0.899. The Balaban J connectivity index is 2.37. The summed E-state index contributed by atoms with van der Waals surface area (Å²) in [6.07, 6.45) is 3.81. The second-order valence-electron chi connectivity index (χ2n) is 4.82. The van der Waals surface area contributed by atoms with Gasteiger partial charge in [-0.1, -0.05) is 6.07 Å². The van der Waals surface area contributed by atoms with Gasteiger partial charge < -0.3 is 9.88 Å². The van der Waals surface area contributed by atoms with Crippen molar-refractivity contribution >= 4 is 27.6 Å². The van der Waals surface area contributed by atoms with Gasteiger partial charge in [-0.3, -0.25) is 0 Å². The van der Waals surface area contributed by atoms with Gasteiger partial charge in [0.05, 0.1) is 5.69 Å². The van der Waals surface area contributed by atoms with Crippen LogP contribution in [0.4, 0.5) is 11.6 Å². The normalized spacial score (nSPS) is 11.0. The summed E-state index contributed by atoms with van der Waals surface area (Å²) in [4.78, 5) is 4.37. The topological polar surface area (TPSA) is 29.9 Å². The molecule has 0 aliphatic rings. The fourth-order valence-corrected chi connectivity index (χ4v) is 2.79. The molecule has 0 aliphatic carbocycles. The highest BCUT2D eigenvalue weighted by molar-refractivity contribution is 9.10. The van der Waals surface area contributed by atoms with Crippen molar-refractivity contribution in [3.63, 3.8) is 0 Å². The van der Waals surface area contributed by atoms with Crippen molar-refractivity contribution in [2.75, 3.05) is 5.32 Å². The highest BCUT2D eigenvalue weighted by Crippen LogP contribution is 2.30. The van der Waals surface area contributed by atoms with Crippen LogP contribution in [0.3, 0.4) is 0 Å². The summed E-state index contributed by atoms with van der Waals surface area (Å²) in [5, 5.41) is 3.40. The van der Waals surface area contributed by atoms with Gasteiger partial charge in [-0.05, 0) is 60.8 Å². The molecule has 0 fully saturated rings. The van der Waals surface area contributed by atoms with Crippen molar-refractivity contribution in [3.8, 4) is 0 Å². The van der Waals surface area contributed by atoms with Crippen LogP contribution in [0.15, 0.2) is 29.0 Å². The molecule has 2 aromatic rings. The molecule has 18 heavy (non-hydrogen) atoms. The van der Waals surface area contributed by atoms with Gasteiger partial charge in [0.1, 0.15) is 0 Å². The predicted molar refractivity (Wildman–Crippen MR) is 79.5 cm³/mol. The molecule has 1 aromatic carbocycles. The van der Waals surface area contributed by atoms with E-state index in [1.807, 2.05) is 12.4 Å². The first-order valence-electron chi connectivity index (χ1n) is 6.05. The van der Waals surface area contributed by atoms with Gasteiger partial charge in [-0.25, -0.2) is 4.98 Å². The number of aryl methyl sites for hydroxylation is 2. The molecule has 3 nitrogen and oxygen atoms in total. The number of hydrogen-bond acceptors (Lipinski definition) is 2. The number of aromatic nitrogens is 2. The molecule has 2 rings (SSSR count). The first kappa shape index (κ1) is 13.1. The fourth-order valence-electron chi connectivity index (χ4n) is 2.01. The molecule has 0 bridgehead atoms. The first-order valence-corrected chi connectivity index (χ1v) is 6.85. The first-order chi connectivity index (χ1) is 8.49. The summed E-state index contributed by atoms with van der Waals surface area (Å²) >= 11 is 3.61. The van der Waals surface area contributed by atoms with Gasteiger partial charge >= 0.3 is 0 Å². The number of anilines is 2. The van der Waals surface area contributed by atoms with Gasteiger partial charge in [-0.2, -0.15) is 0 Å². The Morgan fingerprint density at radius 3 is 2.61 bits per heavy atom. The van der Waals surface area contributed by atoms with E-state index in [1.54, 1.807) is 0 Å². The SMILES string of the molecule is Cc1cc(C)c(Nc2nccn2C(C)C)c(Br)c1. The lowest BCUT2D eigenvalue weighted by Gasteiger charge is -2.15. The third-order valence-corrected chi connectivity index (χ3v) is 3.52. The Kier molecular flexibility index (Phi) is 3.76. The molecule has 0 spiro atoms. The number of hydrogen-bond donors (Lipinski definition) is 1. The summed E-state index contributed by atoms with van der Waals surface area (Å²) < 4.78 is 3.18. The number of imidazole rings is 1. The Morgan fingerprint density at radius 2 is 2.00 bits per heavy atom. The van der Waals surface area contributed by atoms with Crippen LogP contribution in [0.25, 0.3) is 0 Å². The summed E-state index contributed by atoms with van der Waals surface area (Å²) in [5.41, 5.74) is 3.53. The zero-order chi connectivity index (χ0) is 13.3. The van der Waals surface area contributed by atoms with Crippen molar-refractivity contribution in [2.45, 2.75) is 33.7 Å². The molecule has 1 aromatic heterocycles. The molecule has 0 atom stereocenters. The van der Waals surface area contributed by atoms with E-state index in [-0.39, 0.29) is 0 Å². The van der Waals surface area contributed by atoms with Crippen molar-refractivity contribution in [1.29, 1.82) is 0 Å². The molecule has 0 saturated carbocycles. The van der Waals surface area contributed by atoms with Gasteiger partial charge in [0.2, 0.25) is 5.95 Å². The largest absolute Gasteiger partial charge is 0.324 e. The summed E-state index contributed by atoms with van der Waals surface area (Å²) in [6, 6.07) is 4.66. The van der Waals surface area contributed by atoms with E-state index >= 15 is 0 Å². The minimum Gasteiger partial charge on any atom is -0.324 e. The van der Waals surface area contributed by atoms with Gasteiger partial charge in [-0.15, -0.1) is 0 Å². The zero-order valence-corrected chi connectivity index (χ0v) is 12.7. The fraction of sp³-hybridized carbons (Fsp3) is 0.357. The Hall–Kier alpha value is -1.29. The van der Waals surface area contributed by atoms with Crippen LogP contribution < -0.4 is 5.32 Å². The molecule has 1 N–H and O–H groups in total. The second-order valence-corrected chi connectivity index (χ2v) is 5.67. The Morgan fingerprint density at radius 1 is 1.28 bits per heavy atom. The minimum atomic E-state index is 0.388. The zero-order valence-electron chi connectivity index (χ0n) is 11.2. The molecule has 0 aliphatic heterocycles. The third kappa shape index (κ3) is 2.58. The van der Waals surface area contributed by atoms with E-state index in [2.05, 4.69) is 70.6 Å². The van der Waals surface area contributed by atoms with E-state index in [1.165, 1.54) is 11.1 Å². The van der Waals surface area contributed by atoms with Crippen LogP contribution in [-0.2, 0) is 0 Å². The van der Waals surface area contributed by atoms with Crippen LogP contribution in [0.2, 0.25) is 0 Å². The lowest BCUT2D eigenvalue weighted by atomic mass is 10.1. The van der Waals surface area contributed by atoms with Gasteiger partial charge in [0.15, 0.2) is 0 Å². The van der Waals surface area contributed by atoms with Crippen molar-refractivity contribution in [2.24, 2.45) is 0 Å². The van der Waals surface area contributed by atoms with E-state index in [4.69, 9.17) is 0 Å². The molecule has 96 valence electrons. The average molecular weight is 308 g/mol. The number of nitrogens with zero attached hydrogens (tertiary/aromatic N) is 2. The minimum absolute atomic E-state index is 0.388. The summed E-state index contributed by atoms with van der Waals surface area (Å²) in [6.45, 7) is 8.48. The van der Waals surface area contributed by atoms with E-state index in [0.717, 1.165) is 16.1 Å². The third-order valence-electron chi connectivity index (χ3n) is 2.89. The van der Waals surface area contributed by atoms with Crippen LogP contribution in [0.1, 0.15) is 31.0 Å².